The third-order valence-electron chi connectivity index (χ3n) is 23.6. The van der Waals surface area contributed by atoms with Crippen LogP contribution in [0.15, 0.2) is 260 Å². The van der Waals surface area contributed by atoms with Gasteiger partial charge in [0.2, 0.25) is 5.95 Å². The Hall–Kier alpha value is -12.7. The molecule has 0 N–H and O–H groups in total. The number of rotatable bonds is 6. The van der Waals surface area contributed by atoms with Crippen LogP contribution in [0.3, 0.4) is 0 Å². The first-order valence-electron chi connectivity index (χ1n) is 36.1. The SMILES string of the molecule is CCC1C(c2cccc(C#N)c2)C2=C(CCCCC=C2)CCCC1n1c2cc3ccc(-c4ccc5c6c7c(cc8c9ccccc9n(c5c4)c86)c4cc5ccccc5cc4n7-c4nc(-c5cccc(C#N)c5)c5ncccc5n4)cc3cc2c2cc3c4ccccc4n4c5ccccc5c(c21)c34. The van der Waals surface area contributed by atoms with Gasteiger partial charge in [0.05, 0.1) is 83.9 Å². The summed E-state index contributed by atoms with van der Waals surface area (Å²) in [7, 11) is 0. The molecule has 3 unspecified atom stereocenters. The number of nitriles is 2. The molecule has 8 aromatic heterocycles. The summed E-state index contributed by atoms with van der Waals surface area (Å²) < 4.78 is 10.2. The van der Waals surface area contributed by atoms with Crippen LogP contribution in [-0.4, -0.2) is 32.9 Å². The van der Waals surface area contributed by atoms with Crippen molar-refractivity contribution < 1.29 is 0 Å². The standard InChI is InChI=1S/C93H63N9/c1-2-64-77(35-17-24-55-21-5-3-4-6-27-65(55)84(64)61-25-15-19-53(41-61)51-94)100-82-48-60-37-36-58(43-63(60)45-71(82)74-49-72-66-28-9-12-32-78(66)99-80-34-14-11-30-68(80)85(89(72)99)91(74)100)59-38-39-69-81(47-59)101-79-33-13-10-29-67(79)73-50-75-70-44-56-22-7-8-23-57(56)46-83(70)102(92(75)86(69)90(73)101)93-97-76-31-18-40-96-88(76)87(98-93)62-26-16-20-54(42-62)52-95/h6-16,18-20,22-23,25-34,36-50,64,77,84H,2-5,17,21,24,35H2,1H3. The zero-order valence-electron chi connectivity index (χ0n) is 56.1. The zero-order chi connectivity index (χ0) is 67.2. The summed E-state index contributed by atoms with van der Waals surface area (Å²) in [6.07, 6.45) is 15.6. The maximum atomic E-state index is 10.5. The molecule has 9 nitrogen and oxygen atoms in total. The number of aromatic nitrogens is 7. The number of allylic oxidation sites excluding steroid dienone is 4. The van der Waals surface area contributed by atoms with Gasteiger partial charge in [-0.3, -0.25) is 9.55 Å². The smallest absolute Gasteiger partial charge is 0.235 e. The molecule has 480 valence electrons. The van der Waals surface area contributed by atoms with Crippen molar-refractivity contribution in [3.05, 3.63) is 277 Å². The van der Waals surface area contributed by atoms with E-state index in [4.69, 9.17) is 15.0 Å². The van der Waals surface area contributed by atoms with Gasteiger partial charge in [-0.2, -0.15) is 10.5 Å². The molecule has 20 aromatic rings. The van der Waals surface area contributed by atoms with Crippen LogP contribution < -0.4 is 0 Å². The normalized spacial score (nSPS) is 16.4. The summed E-state index contributed by atoms with van der Waals surface area (Å²) in [5.74, 6) is 0.855. The Labute approximate surface area is 585 Å². The summed E-state index contributed by atoms with van der Waals surface area (Å²) in [6, 6.07) is 89.8. The van der Waals surface area contributed by atoms with Crippen LogP contribution in [0.25, 0.3) is 181 Å². The van der Waals surface area contributed by atoms with Crippen LogP contribution in [0, 0.1) is 28.6 Å². The fourth-order valence-corrected chi connectivity index (χ4v) is 19.3. The Morgan fingerprint density at radius 2 is 1.08 bits per heavy atom. The Bertz CT molecular complexity index is 7210. The van der Waals surface area contributed by atoms with E-state index < -0.39 is 0 Å². The highest BCUT2D eigenvalue weighted by Gasteiger charge is 2.38. The second-order valence-corrected chi connectivity index (χ2v) is 28.8. The molecule has 9 heteroatoms. The lowest BCUT2D eigenvalue weighted by molar-refractivity contribution is 0.273. The number of nitrogens with zero attached hydrogens (tertiary/aromatic N) is 9. The van der Waals surface area contributed by atoms with Crippen LogP contribution in [0.5, 0.6) is 0 Å². The number of fused-ring (bicyclic) bond motifs is 23. The molecule has 0 spiro atoms. The minimum Gasteiger partial charge on any atom is -0.336 e. The van der Waals surface area contributed by atoms with Gasteiger partial charge in [-0.1, -0.05) is 158 Å². The molecule has 0 saturated heterocycles. The zero-order valence-corrected chi connectivity index (χ0v) is 56.1. The number of pyridine rings is 1. The lowest BCUT2D eigenvalue weighted by Crippen LogP contribution is -2.28. The highest BCUT2D eigenvalue weighted by Crippen LogP contribution is 2.54. The summed E-state index contributed by atoms with van der Waals surface area (Å²) in [5, 5.41) is 40.0. The minimum absolute atomic E-state index is 0.104. The van der Waals surface area contributed by atoms with Crippen molar-refractivity contribution in [2.24, 2.45) is 5.92 Å². The van der Waals surface area contributed by atoms with E-state index in [1.807, 2.05) is 42.5 Å². The van der Waals surface area contributed by atoms with Crippen molar-refractivity contribution in [1.29, 1.82) is 10.5 Å². The number of hydrogen-bond donors (Lipinski definition) is 0. The van der Waals surface area contributed by atoms with Crippen LogP contribution >= 0.6 is 0 Å². The predicted octanol–water partition coefficient (Wildman–Crippen LogP) is 23.9. The third-order valence-corrected chi connectivity index (χ3v) is 23.6. The van der Waals surface area contributed by atoms with Gasteiger partial charge in [0, 0.05) is 88.4 Å². The number of para-hydroxylation sites is 3. The van der Waals surface area contributed by atoms with E-state index in [1.54, 1.807) is 11.8 Å². The van der Waals surface area contributed by atoms with E-state index >= 15 is 0 Å². The second kappa shape index (κ2) is 21.7. The monoisotopic (exact) mass is 1310 g/mol. The molecule has 12 aromatic carbocycles. The molecule has 22 rings (SSSR count). The summed E-state index contributed by atoms with van der Waals surface area (Å²) in [4.78, 5) is 15.8. The molecule has 0 fully saturated rings. The van der Waals surface area contributed by atoms with E-state index in [1.165, 1.54) is 105 Å². The average Bonchev–Trinajstić information content (AvgIpc) is 1.52. The first kappa shape index (κ1) is 57.2. The van der Waals surface area contributed by atoms with Gasteiger partial charge < -0.3 is 13.4 Å². The van der Waals surface area contributed by atoms with Gasteiger partial charge in [0.15, 0.2) is 0 Å². The lowest BCUT2D eigenvalue weighted by atomic mass is 9.69. The molecule has 3 atom stereocenters. The molecule has 0 saturated carbocycles. The van der Waals surface area contributed by atoms with Gasteiger partial charge in [0.25, 0.3) is 0 Å². The summed E-state index contributed by atoms with van der Waals surface area (Å²) in [6.45, 7) is 2.43. The topological polar surface area (TPSA) is 105 Å². The van der Waals surface area contributed by atoms with E-state index in [0.29, 0.717) is 28.2 Å². The minimum atomic E-state index is 0.104. The van der Waals surface area contributed by atoms with Crippen LogP contribution in [0.2, 0.25) is 0 Å². The quantitative estimate of drug-likeness (QED) is 0.165. The Balaban J connectivity index is 0.790. The fourth-order valence-electron chi connectivity index (χ4n) is 19.3. The van der Waals surface area contributed by atoms with Crippen molar-refractivity contribution in [2.75, 3.05) is 0 Å². The van der Waals surface area contributed by atoms with Crippen molar-refractivity contribution in [3.8, 4) is 40.5 Å². The average molecular weight is 1310 g/mol. The molecule has 2 aliphatic rings. The van der Waals surface area contributed by atoms with Gasteiger partial charge in [0.1, 0.15) is 11.2 Å². The maximum absolute atomic E-state index is 10.5. The first-order chi connectivity index (χ1) is 50.5. The van der Waals surface area contributed by atoms with Crippen LogP contribution in [-0.2, 0) is 0 Å². The van der Waals surface area contributed by atoms with Crippen molar-refractivity contribution in [1.82, 2.24) is 32.9 Å². The molecule has 0 aliphatic heterocycles. The Morgan fingerprint density at radius 1 is 0.451 bits per heavy atom. The van der Waals surface area contributed by atoms with Crippen LogP contribution in [0.4, 0.5) is 0 Å². The van der Waals surface area contributed by atoms with E-state index in [2.05, 4.69) is 237 Å². The Kier molecular flexibility index (Phi) is 12.2. The van der Waals surface area contributed by atoms with E-state index in [-0.39, 0.29) is 17.9 Å². The van der Waals surface area contributed by atoms with Gasteiger partial charge in [-0.15, -0.1) is 0 Å². The third kappa shape index (κ3) is 7.99. The highest BCUT2D eigenvalue weighted by molar-refractivity contribution is 6.36. The molecule has 102 heavy (non-hydrogen) atoms. The van der Waals surface area contributed by atoms with Gasteiger partial charge in [-0.25, -0.2) is 9.97 Å². The first-order valence-corrected chi connectivity index (χ1v) is 36.1. The molecule has 0 amide bonds. The number of benzene rings is 12. The largest absolute Gasteiger partial charge is 0.336 e. The summed E-state index contributed by atoms with van der Waals surface area (Å²) in [5.41, 5.74) is 22.6. The Morgan fingerprint density at radius 3 is 1.87 bits per heavy atom. The van der Waals surface area contributed by atoms with Crippen molar-refractivity contribution >= 4 is 152 Å². The van der Waals surface area contributed by atoms with Crippen LogP contribution in [0.1, 0.15) is 86.9 Å². The van der Waals surface area contributed by atoms with E-state index in [9.17, 15) is 10.5 Å². The number of hydrogen-bond acceptors (Lipinski definition) is 5. The maximum Gasteiger partial charge on any atom is 0.235 e. The lowest BCUT2D eigenvalue weighted by Gasteiger charge is -2.39. The van der Waals surface area contributed by atoms with Crippen molar-refractivity contribution in [3.63, 3.8) is 0 Å². The molecule has 8 heterocycles. The van der Waals surface area contributed by atoms with Gasteiger partial charge >= 0.3 is 0 Å². The molecular weight excluding hydrogens is 1240 g/mol. The second-order valence-electron chi connectivity index (χ2n) is 28.8. The molecule has 2 aliphatic carbocycles. The fraction of sp³-hybridized carbons (Fsp3) is 0.129. The molecule has 0 bridgehead atoms. The molecule has 0 radical (unpaired) electrons. The summed E-state index contributed by atoms with van der Waals surface area (Å²) >= 11 is 0. The predicted molar refractivity (Wildman–Crippen MR) is 420 cm³/mol. The van der Waals surface area contributed by atoms with Crippen molar-refractivity contribution in [2.45, 2.75) is 70.3 Å². The van der Waals surface area contributed by atoms with E-state index in [0.717, 1.165) is 121 Å². The van der Waals surface area contributed by atoms with Gasteiger partial charge in [-0.05, 0) is 198 Å². The highest BCUT2D eigenvalue weighted by atomic mass is 15.2. The molecular formula is C93H63N9.